The molecule has 3 heteroatoms. The smallest absolute Gasteiger partial charge is 0.309 e. The maximum atomic E-state index is 10.9. The minimum atomic E-state index is -0.862. The Morgan fingerprint density at radius 2 is 2.00 bits per heavy atom. The van der Waals surface area contributed by atoms with E-state index >= 15 is 0 Å². The highest BCUT2D eigenvalue weighted by Crippen LogP contribution is 2.46. The Labute approximate surface area is 72.4 Å². The average Bonchev–Trinajstić information content (AvgIpc) is 1.75. The SMILES string of the molecule is CC(C)(O)CC1(C(=O)O)CCC1. The Hall–Kier alpha value is -0.570. The van der Waals surface area contributed by atoms with Crippen LogP contribution in [0.4, 0.5) is 0 Å². The maximum absolute atomic E-state index is 10.9. The van der Waals surface area contributed by atoms with E-state index in [1.165, 1.54) is 0 Å². The summed E-state index contributed by atoms with van der Waals surface area (Å²) in [6, 6.07) is 0. The van der Waals surface area contributed by atoms with Gasteiger partial charge in [-0.05, 0) is 33.1 Å². The Morgan fingerprint density at radius 3 is 2.08 bits per heavy atom. The van der Waals surface area contributed by atoms with Gasteiger partial charge in [-0.1, -0.05) is 6.42 Å². The van der Waals surface area contributed by atoms with Gasteiger partial charge in [-0.15, -0.1) is 0 Å². The average molecular weight is 172 g/mol. The molecule has 0 bridgehead atoms. The molecular formula is C9H16O3. The monoisotopic (exact) mass is 172 g/mol. The lowest BCUT2D eigenvalue weighted by atomic mass is 9.64. The van der Waals surface area contributed by atoms with Crippen molar-refractivity contribution in [3.8, 4) is 0 Å². The molecule has 0 spiro atoms. The summed E-state index contributed by atoms with van der Waals surface area (Å²) in [4.78, 5) is 10.9. The lowest BCUT2D eigenvalue weighted by molar-refractivity contribution is -0.159. The maximum Gasteiger partial charge on any atom is 0.309 e. The van der Waals surface area contributed by atoms with Crippen molar-refractivity contribution in [2.24, 2.45) is 5.41 Å². The number of hydrogen-bond donors (Lipinski definition) is 2. The summed E-state index contributed by atoms with van der Waals surface area (Å²) < 4.78 is 0. The quantitative estimate of drug-likeness (QED) is 0.676. The normalized spacial score (nSPS) is 21.6. The van der Waals surface area contributed by atoms with Crippen molar-refractivity contribution in [1.29, 1.82) is 0 Å². The van der Waals surface area contributed by atoms with Gasteiger partial charge < -0.3 is 10.2 Å². The van der Waals surface area contributed by atoms with Crippen molar-refractivity contribution in [3.05, 3.63) is 0 Å². The number of carbonyl (C=O) groups is 1. The molecule has 3 nitrogen and oxygen atoms in total. The molecule has 0 aromatic rings. The second kappa shape index (κ2) is 2.73. The largest absolute Gasteiger partial charge is 0.481 e. The molecule has 2 N–H and O–H groups in total. The van der Waals surface area contributed by atoms with Crippen LogP contribution in [0.5, 0.6) is 0 Å². The van der Waals surface area contributed by atoms with Crippen molar-refractivity contribution in [1.82, 2.24) is 0 Å². The highest BCUT2D eigenvalue weighted by Gasteiger charge is 2.47. The van der Waals surface area contributed by atoms with E-state index < -0.39 is 17.0 Å². The number of aliphatic carboxylic acids is 1. The third-order valence-corrected chi connectivity index (χ3v) is 2.54. The van der Waals surface area contributed by atoms with Crippen LogP contribution >= 0.6 is 0 Å². The van der Waals surface area contributed by atoms with E-state index in [0.29, 0.717) is 19.3 Å². The summed E-state index contributed by atoms with van der Waals surface area (Å²) >= 11 is 0. The van der Waals surface area contributed by atoms with Gasteiger partial charge in [0, 0.05) is 0 Å². The molecule has 1 aliphatic rings. The molecule has 0 amide bonds. The molecule has 70 valence electrons. The summed E-state index contributed by atoms with van der Waals surface area (Å²) in [6.07, 6.45) is 2.77. The Bertz CT molecular complexity index is 186. The molecular weight excluding hydrogens is 156 g/mol. The molecule has 1 saturated carbocycles. The number of carboxylic acid groups (broad SMARTS) is 1. The van der Waals surface area contributed by atoms with Crippen LogP contribution in [0.25, 0.3) is 0 Å². The second-order valence-corrected chi connectivity index (χ2v) is 4.43. The summed E-state index contributed by atoms with van der Waals surface area (Å²) in [6.45, 7) is 3.33. The first-order chi connectivity index (χ1) is 5.36. The fourth-order valence-corrected chi connectivity index (χ4v) is 1.90. The molecule has 0 atom stereocenters. The van der Waals surface area contributed by atoms with Crippen LogP contribution in [-0.2, 0) is 4.79 Å². The number of hydrogen-bond acceptors (Lipinski definition) is 2. The molecule has 0 aliphatic heterocycles. The molecule has 0 heterocycles. The zero-order valence-corrected chi connectivity index (χ0v) is 7.63. The van der Waals surface area contributed by atoms with Crippen LogP contribution in [-0.4, -0.2) is 21.8 Å². The minimum Gasteiger partial charge on any atom is -0.481 e. The number of aliphatic hydroxyl groups is 1. The fraction of sp³-hybridized carbons (Fsp3) is 0.889. The van der Waals surface area contributed by atoms with Crippen molar-refractivity contribution in [2.45, 2.75) is 45.1 Å². The standard InChI is InChI=1S/C9H16O3/c1-8(2,12)6-9(7(10)11)4-3-5-9/h12H,3-6H2,1-2H3,(H,10,11). The van der Waals surface area contributed by atoms with Crippen molar-refractivity contribution < 1.29 is 15.0 Å². The van der Waals surface area contributed by atoms with Crippen molar-refractivity contribution in [3.63, 3.8) is 0 Å². The van der Waals surface area contributed by atoms with E-state index in [1.807, 2.05) is 0 Å². The topological polar surface area (TPSA) is 57.5 Å². The van der Waals surface area contributed by atoms with Gasteiger partial charge in [0.05, 0.1) is 11.0 Å². The predicted molar refractivity (Wildman–Crippen MR) is 44.8 cm³/mol. The van der Waals surface area contributed by atoms with Gasteiger partial charge in [0.25, 0.3) is 0 Å². The van der Waals surface area contributed by atoms with Crippen LogP contribution < -0.4 is 0 Å². The van der Waals surface area contributed by atoms with Gasteiger partial charge >= 0.3 is 5.97 Å². The van der Waals surface area contributed by atoms with Gasteiger partial charge in [-0.3, -0.25) is 4.79 Å². The van der Waals surface area contributed by atoms with E-state index in [1.54, 1.807) is 13.8 Å². The van der Waals surface area contributed by atoms with Crippen LogP contribution in [0.3, 0.4) is 0 Å². The number of rotatable bonds is 3. The lowest BCUT2D eigenvalue weighted by Gasteiger charge is -2.41. The third-order valence-electron chi connectivity index (χ3n) is 2.54. The van der Waals surface area contributed by atoms with Gasteiger partial charge in [-0.2, -0.15) is 0 Å². The highest BCUT2D eigenvalue weighted by molar-refractivity contribution is 5.75. The fourth-order valence-electron chi connectivity index (χ4n) is 1.90. The molecule has 0 radical (unpaired) electrons. The summed E-state index contributed by atoms with van der Waals surface area (Å²) in [5, 5.41) is 18.4. The van der Waals surface area contributed by atoms with Crippen molar-refractivity contribution >= 4 is 5.97 Å². The van der Waals surface area contributed by atoms with E-state index in [-0.39, 0.29) is 0 Å². The molecule has 1 aliphatic carbocycles. The van der Waals surface area contributed by atoms with E-state index in [9.17, 15) is 9.90 Å². The van der Waals surface area contributed by atoms with Crippen LogP contribution in [0, 0.1) is 5.41 Å². The molecule has 0 aromatic carbocycles. The predicted octanol–water partition coefficient (Wildman–Crippen LogP) is 1.40. The second-order valence-electron chi connectivity index (χ2n) is 4.43. The Kier molecular flexibility index (Phi) is 2.17. The Balaban J connectivity index is 2.63. The van der Waals surface area contributed by atoms with Crippen LogP contribution in [0.2, 0.25) is 0 Å². The van der Waals surface area contributed by atoms with Gasteiger partial charge in [-0.25, -0.2) is 0 Å². The molecule has 1 fully saturated rings. The third kappa shape index (κ3) is 1.78. The van der Waals surface area contributed by atoms with Crippen LogP contribution in [0.1, 0.15) is 39.5 Å². The molecule has 0 saturated heterocycles. The van der Waals surface area contributed by atoms with Gasteiger partial charge in [0.15, 0.2) is 0 Å². The van der Waals surface area contributed by atoms with Gasteiger partial charge in [0.1, 0.15) is 0 Å². The number of carboxylic acids is 1. The summed E-state index contributed by atoms with van der Waals surface area (Å²) in [5.41, 5.74) is -1.49. The lowest BCUT2D eigenvalue weighted by Crippen LogP contribution is -2.43. The van der Waals surface area contributed by atoms with E-state index in [4.69, 9.17) is 5.11 Å². The summed E-state index contributed by atoms with van der Waals surface area (Å²) in [7, 11) is 0. The van der Waals surface area contributed by atoms with E-state index in [0.717, 1.165) is 6.42 Å². The van der Waals surface area contributed by atoms with E-state index in [2.05, 4.69) is 0 Å². The first kappa shape index (κ1) is 9.52. The Morgan fingerprint density at radius 1 is 1.50 bits per heavy atom. The van der Waals surface area contributed by atoms with Crippen molar-refractivity contribution in [2.75, 3.05) is 0 Å². The zero-order chi connectivity index (χ0) is 9.41. The first-order valence-corrected chi connectivity index (χ1v) is 4.32. The zero-order valence-electron chi connectivity index (χ0n) is 7.63. The van der Waals surface area contributed by atoms with Crippen LogP contribution in [0.15, 0.2) is 0 Å². The molecule has 12 heavy (non-hydrogen) atoms. The molecule has 0 aromatic heterocycles. The first-order valence-electron chi connectivity index (χ1n) is 4.32. The minimum absolute atomic E-state index is 0.370. The van der Waals surface area contributed by atoms with Gasteiger partial charge in [0.2, 0.25) is 0 Å². The molecule has 1 rings (SSSR count). The molecule has 0 unspecified atom stereocenters. The summed E-state index contributed by atoms with van der Waals surface area (Å²) in [5.74, 6) is -0.754. The highest BCUT2D eigenvalue weighted by atomic mass is 16.4.